The van der Waals surface area contributed by atoms with E-state index < -0.39 is 10.1 Å². The number of hydrogen-bond donors (Lipinski definition) is 3. The maximum absolute atomic E-state index is 9.95. The first-order valence-corrected chi connectivity index (χ1v) is 9.05. The highest BCUT2D eigenvalue weighted by Gasteiger charge is 2.00. The van der Waals surface area contributed by atoms with Crippen molar-refractivity contribution < 1.29 is 13.0 Å². The molecule has 0 aromatic heterocycles. The summed E-state index contributed by atoms with van der Waals surface area (Å²) in [4.78, 5) is 0. The summed E-state index contributed by atoms with van der Waals surface area (Å²) in [5.74, 6) is -0.108. The molecular weight excluding hydrogens is 312 g/mol. The molecule has 0 fully saturated rings. The zero-order chi connectivity index (χ0) is 17.3. The summed E-state index contributed by atoms with van der Waals surface area (Å²) in [7, 11) is -3.69. The Labute approximate surface area is 138 Å². The molecule has 5 nitrogen and oxygen atoms in total. The standard InChI is InChI=1S/C13H14N2.C4H10O3S/c14-12-5-1-10(2-6-12)9-11-3-7-13(15)8-4-11;1-2-3-4-8(5,6)7/h1-8H,9,14-15H2;2-4H2,1H3,(H,5,6,7). The molecule has 0 heterocycles. The van der Waals surface area contributed by atoms with Crippen molar-refractivity contribution in [2.75, 3.05) is 17.2 Å². The smallest absolute Gasteiger partial charge is 0.264 e. The highest BCUT2D eigenvalue weighted by atomic mass is 32.2. The van der Waals surface area contributed by atoms with E-state index in [0.717, 1.165) is 24.2 Å². The topological polar surface area (TPSA) is 106 Å². The normalized spacial score (nSPS) is 10.7. The second-order valence-corrected chi connectivity index (χ2v) is 6.87. The first-order valence-electron chi connectivity index (χ1n) is 7.44. The van der Waals surface area contributed by atoms with E-state index in [1.165, 1.54) is 11.1 Å². The van der Waals surface area contributed by atoms with Gasteiger partial charge in [-0.1, -0.05) is 37.6 Å². The summed E-state index contributed by atoms with van der Waals surface area (Å²) in [6.07, 6.45) is 2.25. The van der Waals surface area contributed by atoms with E-state index in [0.29, 0.717) is 6.42 Å². The van der Waals surface area contributed by atoms with E-state index in [2.05, 4.69) is 0 Å². The maximum atomic E-state index is 9.95. The summed E-state index contributed by atoms with van der Waals surface area (Å²) < 4.78 is 28.0. The van der Waals surface area contributed by atoms with Crippen molar-refractivity contribution in [3.8, 4) is 0 Å². The van der Waals surface area contributed by atoms with E-state index in [4.69, 9.17) is 16.0 Å². The van der Waals surface area contributed by atoms with Crippen LogP contribution in [0.3, 0.4) is 0 Å². The van der Waals surface area contributed by atoms with Gasteiger partial charge in [0, 0.05) is 11.4 Å². The lowest BCUT2D eigenvalue weighted by Crippen LogP contribution is -2.02. The molecule has 0 unspecified atom stereocenters. The summed E-state index contributed by atoms with van der Waals surface area (Å²) in [6, 6.07) is 15.9. The van der Waals surface area contributed by atoms with Crippen molar-refractivity contribution in [1.82, 2.24) is 0 Å². The lowest BCUT2D eigenvalue weighted by atomic mass is 10.0. The fourth-order valence-electron chi connectivity index (χ4n) is 1.83. The molecule has 0 aliphatic rings. The van der Waals surface area contributed by atoms with Gasteiger partial charge in [-0.3, -0.25) is 4.55 Å². The number of rotatable bonds is 5. The fourth-order valence-corrected chi connectivity index (χ4v) is 2.49. The second-order valence-electron chi connectivity index (χ2n) is 5.30. The highest BCUT2D eigenvalue weighted by Crippen LogP contribution is 2.13. The van der Waals surface area contributed by atoms with Gasteiger partial charge >= 0.3 is 0 Å². The lowest BCUT2D eigenvalue weighted by Gasteiger charge is -2.02. The Kier molecular flexibility index (Phi) is 7.57. The molecule has 5 N–H and O–H groups in total. The van der Waals surface area contributed by atoms with Crippen LogP contribution in [0.5, 0.6) is 0 Å². The summed E-state index contributed by atoms with van der Waals surface area (Å²) in [5.41, 5.74) is 15.4. The molecule has 0 aliphatic carbocycles. The first-order chi connectivity index (χ1) is 10.8. The quantitative estimate of drug-likeness (QED) is 0.574. The molecule has 0 aliphatic heterocycles. The van der Waals surface area contributed by atoms with E-state index in [9.17, 15) is 8.42 Å². The Hall–Kier alpha value is -2.05. The molecule has 0 radical (unpaired) electrons. The molecule has 0 bridgehead atoms. The number of nitrogen functional groups attached to an aromatic ring is 2. The minimum absolute atomic E-state index is 0.108. The van der Waals surface area contributed by atoms with Crippen LogP contribution in [0, 0.1) is 0 Å². The van der Waals surface area contributed by atoms with Gasteiger partial charge in [-0.05, 0) is 48.2 Å². The van der Waals surface area contributed by atoms with E-state index >= 15 is 0 Å². The predicted octanol–water partition coefficient (Wildman–Crippen LogP) is 3.12. The van der Waals surface area contributed by atoms with Crippen molar-refractivity contribution in [2.24, 2.45) is 0 Å². The van der Waals surface area contributed by atoms with Crippen LogP contribution in [0.25, 0.3) is 0 Å². The van der Waals surface area contributed by atoms with Gasteiger partial charge < -0.3 is 11.5 Å². The van der Waals surface area contributed by atoms with Crippen molar-refractivity contribution >= 4 is 21.5 Å². The molecule has 23 heavy (non-hydrogen) atoms. The van der Waals surface area contributed by atoms with Crippen LogP contribution in [0.15, 0.2) is 48.5 Å². The Bertz CT molecular complexity index is 637. The molecule has 6 heteroatoms. The number of unbranched alkanes of at least 4 members (excludes halogenated alkanes) is 1. The Balaban J connectivity index is 0.000000284. The monoisotopic (exact) mass is 336 g/mol. The zero-order valence-electron chi connectivity index (χ0n) is 13.3. The van der Waals surface area contributed by atoms with Crippen LogP contribution >= 0.6 is 0 Å². The third kappa shape index (κ3) is 8.85. The van der Waals surface area contributed by atoms with Gasteiger partial charge in [0.15, 0.2) is 0 Å². The van der Waals surface area contributed by atoms with Gasteiger partial charge in [-0.15, -0.1) is 0 Å². The van der Waals surface area contributed by atoms with E-state index in [1.54, 1.807) is 0 Å². The molecule has 2 aromatic carbocycles. The molecule has 0 spiro atoms. The maximum Gasteiger partial charge on any atom is 0.264 e. The van der Waals surface area contributed by atoms with Gasteiger partial charge in [0.25, 0.3) is 10.1 Å². The second kappa shape index (κ2) is 9.17. The first kappa shape index (κ1) is 19.0. The van der Waals surface area contributed by atoms with Gasteiger partial charge in [0.2, 0.25) is 0 Å². The SMILES string of the molecule is CCCCS(=O)(=O)O.Nc1ccc(Cc2ccc(N)cc2)cc1. The van der Waals surface area contributed by atoms with Gasteiger partial charge in [0.05, 0.1) is 5.75 Å². The van der Waals surface area contributed by atoms with Crippen LogP contribution in [-0.4, -0.2) is 18.7 Å². The average molecular weight is 336 g/mol. The number of hydrogen-bond acceptors (Lipinski definition) is 4. The Morgan fingerprint density at radius 3 is 1.52 bits per heavy atom. The van der Waals surface area contributed by atoms with Crippen LogP contribution in [-0.2, 0) is 16.5 Å². The van der Waals surface area contributed by atoms with Gasteiger partial charge in [-0.25, -0.2) is 0 Å². The molecule has 2 rings (SSSR count). The largest absolute Gasteiger partial charge is 0.399 e. The Morgan fingerprint density at radius 1 is 0.870 bits per heavy atom. The number of nitrogens with two attached hydrogens (primary N) is 2. The zero-order valence-corrected chi connectivity index (χ0v) is 14.1. The average Bonchev–Trinajstić information content (AvgIpc) is 2.50. The van der Waals surface area contributed by atoms with Gasteiger partial charge in [0.1, 0.15) is 0 Å². The third-order valence-corrected chi connectivity index (χ3v) is 3.93. The van der Waals surface area contributed by atoms with Gasteiger partial charge in [-0.2, -0.15) is 8.42 Å². The summed E-state index contributed by atoms with van der Waals surface area (Å²) in [5, 5.41) is 0. The predicted molar refractivity (Wildman–Crippen MR) is 95.8 cm³/mol. The van der Waals surface area contributed by atoms with Crippen LogP contribution in [0.2, 0.25) is 0 Å². The molecule has 126 valence electrons. The Morgan fingerprint density at radius 2 is 1.26 bits per heavy atom. The van der Waals surface area contributed by atoms with E-state index in [-0.39, 0.29) is 5.75 Å². The minimum atomic E-state index is -3.69. The highest BCUT2D eigenvalue weighted by molar-refractivity contribution is 7.85. The van der Waals surface area contributed by atoms with Crippen LogP contribution in [0.1, 0.15) is 30.9 Å². The van der Waals surface area contributed by atoms with Crippen molar-refractivity contribution in [3.05, 3.63) is 59.7 Å². The number of benzene rings is 2. The molecule has 0 saturated heterocycles. The molecular formula is C17H24N2O3S. The number of anilines is 2. The summed E-state index contributed by atoms with van der Waals surface area (Å²) in [6.45, 7) is 1.87. The minimum Gasteiger partial charge on any atom is -0.399 e. The third-order valence-electron chi connectivity index (χ3n) is 3.12. The molecule has 0 amide bonds. The molecule has 0 saturated carbocycles. The van der Waals surface area contributed by atoms with Crippen LogP contribution in [0.4, 0.5) is 11.4 Å². The molecule has 2 aromatic rings. The van der Waals surface area contributed by atoms with Crippen molar-refractivity contribution in [1.29, 1.82) is 0 Å². The fraction of sp³-hybridized carbons (Fsp3) is 0.294. The van der Waals surface area contributed by atoms with Crippen molar-refractivity contribution in [2.45, 2.75) is 26.2 Å². The van der Waals surface area contributed by atoms with E-state index in [1.807, 2.05) is 55.5 Å². The lowest BCUT2D eigenvalue weighted by molar-refractivity contribution is 0.480. The van der Waals surface area contributed by atoms with Crippen molar-refractivity contribution in [3.63, 3.8) is 0 Å². The van der Waals surface area contributed by atoms with Crippen LogP contribution < -0.4 is 11.5 Å². The summed E-state index contributed by atoms with van der Waals surface area (Å²) >= 11 is 0. The molecule has 0 atom stereocenters.